The molecular weight excluding hydrogens is 232 g/mol. The van der Waals surface area contributed by atoms with Crippen LogP contribution >= 0.6 is 0 Å². The van der Waals surface area contributed by atoms with E-state index in [4.69, 9.17) is 0 Å². The number of aromatic amines is 2. The Bertz CT molecular complexity index is 639. The van der Waals surface area contributed by atoms with E-state index in [1.54, 1.807) is 18.2 Å². The van der Waals surface area contributed by atoms with Crippen LogP contribution in [-0.2, 0) is 4.79 Å². The SMILES string of the molecule is O=C(CC1CNC1)Nc1ccc2[nH]c(=O)[nH]c2c1. The molecule has 0 aliphatic carbocycles. The van der Waals surface area contributed by atoms with Gasteiger partial charge in [0.2, 0.25) is 5.91 Å². The van der Waals surface area contributed by atoms with Crippen molar-refractivity contribution in [2.24, 2.45) is 5.92 Å². The van der Waals surface area contributed by atoms with Crippen molar-refractivity contribution >= 4 is 22.6 Å². The Kier molecular flexibility index (Phi) is 2.64. The topological polar surface area (TPSA) is 89.8 Å². The lowest BCUT2D eigenvalue weighted by atomic mass is 9.99. The van der Waals surface area contributed by atoms with E-state index in [9.17, 15) is 9.59 Å². The third kappa shape index (κ3) is 2.14. The molecule has 18 heavy (non-hydrogen) atoms. The summed E-state index contributed by atoms with van der Waals surface area (Å²) in [5.74, 6) is 0.458. The van der Waals surface area contributed by atoms with E-state index < -0.39 is 0 Å². The Labute approximate surface area is 103 Å². The molecule has 6 heteroatoms. The van der Waals surface area contributed by atoms with E-state index in [1.165, 1.54) is 0 Å². The zero-order valence-electron chi connectivity index (χ0n) is 9.75. The summed E-state index contributed by atoms with van der Waals surface area (Å²) in [7, 11) is 0. The van der Waals surface area contributed by atoms with Crippen LogP contribution in [0.25, 0.3) is 11.0 Å². The summed E-state index contributed by atoms with van der Waals surface area (Å²) < 4.78 is 0. The molecule has 4 N–H and O–H groups in total. The number of fused-ring (bicyclic) bond motifs is 1. The smallest absolute Gasteiger partial charge is 0.323 e. The van der Waals surface area contributed by atoms with Gasteiger partial charge in [-0.15, -0.1) is 0 Å². The minimum absolute atomic E-state index is 0.0127. The van der Waals surface area contributed by atoms with Crippen LogP contribution in [0.1, 0.15) is 6.42 Å². The molecule has 0 saturated carbocycles. The van der Waals surface area contributed by atoms with Gasteiger partial charge in [0.25, 0.3) is 0 Å². The van der Waals surface area contributed by atoms with Gasteiger partial charge in [0.15, 0.2) is 0 Å². The Morgan fingerprint density at radius 3 is 2.78 bits per heavy atom. The number of imidazole rings is 1. The van der Waals surface area contributed by atoms with Crippen molar-refractivity contribution in [1.29, 1.82) is 0 Å². The molecule has 0 unspecified atom stereocenters. The summed E-state index contributed by atoms with van der Waals surface area (Å²) in [4.78, 5) is 28.2. The number of carbonyl (C=O) groups excluding carboxylic acids is 1. The maximum absolute atomic E-state index is 11.7. The number of hydrogen-bond donors (Lipinski definition) is 4. The number of anilines is 1. The third-order valence-corrected chi connectivity index (χ3v) is 3.14. The lowest BCUT2D eigenvalue weighted by Crippen LogP contribution is -2.43. The van der Waals surface area contributed by atoms with Crippen molar-refractivity contribution in [3.05, 3.63) is 28.7 Å². The van der Waals surface area contributed by atoms with Gasteiger partial charge >= 0.3 is 5.69 Å². The number of nitrogens with one attached hydrogen (secondary N) is 4. The Morgan fingerprint density at radius 2 is 2.06 bits per heavy atom. The molecule has 1 aromatic heterocycles. The molecule has 0 bridgehead atoms. The molecule has 1 aliphatic heterocycles. The van der Waals surface area contributed by atoms with E-state index >= 15 is 0 Å². The zero-order valence-corrected chi connectivity index (χ0v) is 9.75. The molecule has 0 atom stereocenters. The zero-order chi connectivity index (χ0) is 12.5. The fraction of sp³-hybridized carbons (Fsp3) is 0.333. The number of benzene rings is 1. The summed E-state index contributed by atoms with van der Waals surface area (Å²) in [5.41, 5.74) is 1.90. The van der Waals surface area contributed by atoms with Crippen molar-refractivity contribution in [3.8, 4) is 0 Å². The first kappa shape index (κ1) is 11.0. The highest BCUT2D eigenvalue weighted by Gasteiger charge is 2.20. The molecule has 94 valence electrons. The number of carbonyl (C=O) groups is 1. The van der Waals surface area contributed by atoms with Crippen LogP contribution in [0, 0.1) is 5.92 Å². The van der Waals surface area contributed by atoms with Crippen LogP contribution in [0.15, 0.2) is 23.0 Å². The molecule has 1 saturated heterocycles. The van der Waals surface area contributed by atoms with E-state index in [0.29, 0.717) is 23.5 Å². The van der Waals surface area contributed by atoms with Crippen LogP contribution in [-0.4, -0.2) is 29.0 Å². The van der Waals surface area contributed by atoms with Crippen molar-refractivity contribution in [1.82, 2.24) is 15.3 Å². The van der Waals surface area contributed by atoms with Gasteiger partial charge < -0.3 is 20.6 Å². The van der Waals surface area contributed by atoms with Crippen molar-refractivity contribution in [2.45, 2.75) is 6.42 Å². The van der Waals surface area contributed by atoms with Gasteiger partial charge in [-0.25, -0.2) is 4.79 Å². The number of amides is 1. The second kappa shape index (κ2) is 4.30. The Morgan fingerprint density at radius 1 is 1.28 bits per heavy atom. The van der Waals surface area contributed by atoms with Gasteiger partial charge in [-0.3, -0.25) is 4.79 Å². The van der Waals surface area contributed by atoms with Gasteiger partial charge in [0, 0.05) is 12.1 Å². The van der Waals surface area contributed by atoms with Gasteiger partial charge in [0.1, 0.15) is 0 Å². The fourth-order valence-corrected chi connectivity index (χ4v) is 2.08. The molecule has 1 amide bonds. The largest absolute Gasteiger partial charge is 0.326 e. The molecule has 1 aromatic carbocycles. The molecule has 3 rings (SSSR count). The van der Waals surface area contributed by atoms with E-state index in [2.05, 4.69) is 20.6 Å². The van der Waals surface area contributed by atoms with Gasteiger partial charge in [-0.1, -0.05) is 0 Å². The van der Waals surface area contributed by atoms with E-state index in [0.717, 1.165) is 18.6 Å². The molecular formula is C12H14N4O2. The minimum atomic E-state index is -0.242. The van der Waals surface area contributed by atoms with Crippen LogP contribution in [0.2, 0.25) is 0 Å². The number of aromatic nitrogens is 2. The Hall–Kier alpha value is -2.08. The fourth-order valence-electron chi connectivity index (χ4n) is 2.08. The van der Waals surface area contributed by atoms with Crippen LogP contribution in [0.3, 0.4) is 0 Å². The van der Waals surface area contributed by atoms with Gasteiger partial charge in [-0.2, -0.15) is 0 Å². The summed E-state index contributed by atoms with van der Waals surface area (Å²) >= 11 is 0. The van der Waals surface area contributed by atoms with Crippen molar-refractivity contribution in [2.75, 3.05) is 18.4 Å². The predicted molar refractivity (Wildman–Crippen MR) is 68.5 cm³/mol. The lowest BCUT2D eigenvalue weighted by Gasteiger charge is -2.26. The quantitative estimate of drug-likeness (QED) is 0.632. The molecule has 2 aromatic rings. The first-order valence-corrected chi connectivity index (χ1v) is 5.93. The van der Waals surface area contributed by atoms with E-state index in [1.807, 2.05) is 0 Å². The molecule has 1 fully saturated rings. The number of H-pyrrole nitrogens is 2. The molecule has 0 radical (unpaired) electrons. The second-order valence-corrected chi connectivity index (χ2v) is 4.62. The highest BCUT2D eigenvalue weighted by Crippen LogP contribution is 2.16. The van der Waals surface area contributed by atoms with Crippen molar-refractivity contribution in [3.63, 3.8) is 0 Å². The summed E-state index contributed by atoms with van der Waals surface area (Å²) in [5, 5.41) is 5.97. The first-order valence-electron chi connectivity index (χ1n) is 5.93. The average molecular weight is 246 g/mol. The minimum Gasteiger partial charge on any atom is -0.326 e. The van der Waals surface area contributed by atoms with E-state index in [-0.39, 0.29) is 11.6 Å². The summed E-state index contributed by atoms with van der Waals surface area (Å²) in [6, 6.07) is 5.31. The first-order chi connectivity index (χ1) is 8.70. The normalized spacial score (nSPS) is 15.6. The van der Waals surface area contributed by atoms with Crippen molar-refractivity contribution < 1.29 is 4.79 Å². The predicted octanol–water partition coefficient (Wildman–Crippen LogP) is 0.404. The number of rotatable bonds is 3. The standard InChI is InChI=1S/C12H14N4O2/c17-11(3-7-5-13-6-7)14-8-1-2-9-10(4-8)16-12(18)15-9/h1-2,4,7,13H,3,5-6H2,(H,14,17)(H2,15,16,18). The third-order valence-electron chi connectivity index (χ3n) is 3.14. The molecule has 6 nitrogen and oxygen atoms in total. The average Bonchev–Trinajstić information content (AvgIpc) is 2.63. The van der Waals surface area contributed by atoms with Crippen LogP contribution in [0.5, 0.6) is 0 Å². The highest BCUT2D eigenvalue weighted by molar-refractivity contribution is 5.93. The maximum atomic E-state index is 11.7. The second-order valence-electron chi connectivity index (χ2n) is 4.62. The molecule has 1 aliphatic rings. The summed E-state index contributed by atoms with van der Waals surface area (Å²) in [6.45, 7) is 1.83. The summed E-state index contributed by atoms with van der Waals surface area (Å²) in [6.07, 6.45) is 0.536. The van der Waals surface area contributed by atoms with Gasteiger partial charge in [0.05, 0.1) is 11.0 Å². The molecule has 0 spiro atoms. The highest BCUT2D eigenvalue weighted by atomic mass is 16.1. The monoisotopic (exact) mass is 246 g/mol. The maximum Gasteiger partial charge on any atom is 0.323 e. The number of hydrogen-bond acceptors (Lipinski definition) is 3. The Balaban J connectivity index is 1.73. The molecule has 2 heterocycles. The lowest BCUT2D eigenvalue weighted by molar-refractivity contribution is -0.117. The van der Waals surface area contributed by atoms with Crippen LogP contribution < -0.4 is 16.3 Å². The van der Waals surface area contributed by atoms with Gasteiger partial charge in [-0.05, 0) is 37.2 Å². The van der Waals surface area contributed by atoms with Crippen LogP contribution in [0.4, 0.5) is 5.69 Å².